The van der Waals surface area contributed by atoms with Crippen LogP contribution in [0.15, 0.2) is 0 Å². The van der Waals surface area contributed by atoms with E-state index in [1.165, 1.54) is 25.7 Å². The summed E-state index contributed by atoms with van der Waals surface area (Å²) >= 11 is 0. The first-order valence-corrected chi connectivity index (χ1v) is 7.28. The topological polar surface area (TPSA) is 35.6 Å². The van der Waals surface area contributed by atoms with Crippen molar-refractivity contribution in [3.63, 3.8) is 0 Å². The molecule has 1 amide bonds. The first-order chi connectivity index (χ1) is 8.63. The fourth-order valence-corrected chi connectivity index (χ4v) is 3.54. The number of nitrogens with zero attached hydrogens (tertiary/aromatic N) is 2. The van der Waals surface area contributed by atoms with Crippen LogP contribution in [0.25, 0.3) is 0 Å². The number of nitrogens with one attached hydrogen (secondary N) is 1. The Bertz CT molecular complexity index is 289. The minimum atomic E-state index is 0.0352. The molecule has 2 aliphatic rings. The maximum atomic E-state index is 12.5. The molecule has 1 aliphatic heterocycles. The van der Waals surface area contributed by atoms with Gasteiger partial charge in [0.1, 0.15) is 6.04 Å². The SMILES string of the molecule is CNCC1C(=O)N(C)CC(C)CN1C1CCCC1. The Morgan fingerprint density at radius 2 is 1.94 bits per heavy atom. The Labute approximate surface area is 111 Å². The fourth-order valence-electron chi connectivity index (χ4n) is 3.54. The van der Waals surface area contributed by atoms with Crippen LogP contribution < -0.4 is 5.32 Å². The zero-order valence-electron chi connectivity index (χ0n) is 12.0. The number of carbonyl (C=O) groups is 1. The zero-order valence-corrected chi connectivity index (χ0v) is 12.0. The summed E-state index contributed by atoms with van der Waals surface area (Å²) in [6, 6.07) is 0.661. The lowest BCUT2D eigenvalue weighted by atomic mass is 10.1. The molecule has 4 nitrogen and oxygen atoms in total. The first kappa shape index (κ1) is 13.8. The van der Waals surface area contributed by atoms with E-state index in [1.54, 1.807) is 0 Å². The van der Waals surface area contributed by atoms with E-state index in [0.717, 1.165) is 19.6 Å². The maximum Gasteiger partial charge on any atom is 0.241 e. The van der Waals surface area contributed by atoms with Gasteiger partial charge in [-0.15, -0.1) is 0 Å². The molecule has 1 saturated carbocycles. The monoisotopic (exact) mass is 253 g/mol. The van der Waals surface area contributed by atoms with Gasteiger partial charge in [-0.25, -0.2) is 0 Å². The molecule has 0 aromatic heterocycles. The van der Waals surface area contributed by atoms with Crippen molar-refractivity contribution in [2.24, 2.45) is 5.92 Å². The van der Waals surface area contributed by atoms with Gasteiger partial charge in [-0.1, -0.05) is 19.8 Å². The van der Waals surface area contributed by atoms with E-state index < -0.39 is 0 Å². The van der Waals surface area contributed by atoms with Gasteiger partial charge in [-0.3, -0.25) is 9.69 Å². The van der Waals surface area contributed by atoms with E-state index >= 15 is 0 Å². The molecule has 0 spiro atoms. The predicted molar refractivity (Wildman–Crippen MR) is 73.5 cm³/mol. The molecule has 1 aliphatic carbocycles. The van der Waals surface area contributed by atoms with Crippen LogP contribution in [0.4, 0.5) is 0 Å². The van der Waals surface area contributed by atoms with Gasteiger partial charge in [-0.2, -0.15) is 0 Å². The third-order valence-electron chi connectivity index (χ3n) is 4.36. The molecule has 0 radical (unpaired) electrons. The van der Waals surface area contributed by atoms with Crippen molar-refractivity contribution in [1.29, 1.82) is 0 Å². The van der Waals surface area contributed by atoms with Gasteiger partial charge in [0, 0.05) is 32.7 Å². The molecule has 2 fully saturated rings. The minimum Gasteiger partial charge on any atom is -0.344 e. The van der Waals surface area contributed by atoms with Crippen molar-refractivity contribution in [3.05, 3.63) is 0 Å². The Morgan fingerprint density at radius 1 is 1.28 bits per heavy atom. The lowest BCUT2D eigenvalue weighted by Crippen LogP contribution is -2.53. The number of hydrogen-bond acceptors (Lipinski definition) is 3. The van der Waals surface area contributed by atoms with Gasteiger partial charge >= 0.3 is 0 Å². The van der Waals surface area contributed by atoms with E-state index in [9.17, 15) is 4.79 Å². The zero-order chi connectivity index (χ0) is 13.1. The lowest BCUT2D eigenvalue weighted by molar-refractivity contribution is -0.134. The molecule has 18 heavy (non-hydrogen) atoms. The normalized spacial score (nSPS) is 31.9. The summed E-state index contributed by atoms with van der Waals surface area (Å²) in [5, 5.41) is 3.20. The molecule has 0 aromatic rings. The molecule has 1 saturated heterocycles. The number of likely N-dealkylation sites (N-methyl/N-ethyl adjacent to an activating group) is 2. The van der Waals surface area contributed by atoms with Crippen LogP contribution in [0.5, 0.6) is 0 Å². The van der Waals surface area contributed by atoms with Crippen molar-refractivity contribution in [2.75, 3.05) is 33.7 Å². The van der Waals surface area contributed by atoms with E-state index in [4.69, 9.17) is 0 Å². The third kappa shape index (κ3) is 2.86. The van der Waals surface area contributed by atoms with E-state index in [-0.39, 0.29) is 6.04 Å². The molecule has 0 aromatic carbocycles. The molecule has 2 atom stereocenters. The summed E-state index contributed by atoms with van der Waals surface area (Å²) in [7, 11) is 3.88. The van der Waals surface area contributed by atoms with Crippen molar-refractivity contribution < 1.29 is 4.79 Å². The first-order valence-electron chi connectivity index (χ1n) is 7.28. The number of hydrogen-bond donors (Lipinski definition) is 1. The summed E-state index contributed by atoms with van der Waals surface area (Å²) in [5.41, 5.74) is 0. The lowest BCUT2D eigenvalue weighted by Gasteiger charge is -2.35. The standard InChI is InChI=1S/C14H27N3O/c1-11-9-16(3)14(18)13(8-15-2)17(10-11)12-6-4-5-7-12/h11-13,15H,4-10H2,1-3H3. The second-order valence-corrected chi connectivity index (χ2v) is 6.03. The fraction of sp³-hybridized carbons (Fsp3) is 0.929. The van der Waals surface area contributed by atoms with Gasteiger partial charge in [0.15, 0.2) is 0 Å². The van der Waals surface area contributed by atoms with E-state index in [1.807, 2.05) is 19.0 Å². The average Bonchev–Trinajstić information content (AvgIpc) is 2.83. The molecule has 104 valence electrons. The molecule has 0 bridgehead atoms. The van der Waals surface area contributed by atoms with Crippen molar-refractivity contribution in [3.8, 4) is 0 Å². The molecule has 2 rings (SSSR count). The number of amides is 1. The molecule has 2 unspecified atom stereocenters. The summed E-state index contributed by atoms with van der Waals surface area (Å²) in [5.74, 6) is 0.863. The van der Waals surface area contributed by atoms with Crippen molar-refractivity contribution >= 4 is 5.91 Å². The van der Waals surface area contributed by atoms with Crippen LogP contribution in [-0.4, -0.2) is 61.5 Å². The Morgan fingerprint density at radius 3 is 2.56 bits per heavy atom. The van der Waals surface area contributed by atoms with Crippen LogP contribution >= 0.6 is 0 Å². The van der Waals surface area contributed by atoms with Gasteiger partial charge in [0.25, 0.3) is 0 Å². The summed E-state index contributed by atoms with van der Waals surface area (Å²) in [6.45, 7) is 4.98. The minimum absolute atomic E-state index is 0.0352. The van der Waals surface area contributed by atoms with Crippen molar-refractivity contribution in [1.82, 2.24) is 15.1 Å². The highest BCUT2D eigenvalue weighted by atomic mass is 16.2. The second-order valence-electron chi connectivity index (χ2n) is 6.03. The molecule has 4 heteroatoms. The highest BCUT2D eigenvalue weighted by molar-refractivity contribution is 5.82. The van der Waals surface area contributed by atoms with Crippen LogP contribution in [-0.2, 0) is 4.79 Å². The Hall–Kier alpha value is -0.610. The molecule has 1 N–H and O–H groups in total. The summed E-state index contributed by atoms with van der Waals surface area (Å²) in [6.07, 6.45) is 5.19. The van der Waals surface area contributed by atoms with Crippen LogP contribution in [0.1, 0.15) is 32.6 Å². The largest absolute Gasteiger partial charge is 0.344 e. The highest BCUT2D eigenvalue weighted by Crippen LogP contribution is 2.27. The van der Waals surface area contributed by atoms with Crippen molar-refractivity contribution in [2.45, 2.75) is 44.7 Å². The maximum absolute atomic E-state index is 12.5. The van der Waals surface area contributed by atoms with Gasteiger partial charge in [0.05, 0.1) is 0 Å². The number of rotatable bonds is 3. The van der Waals surface area contributed by atoms with E-state index in [0.29, 0.717) is 17.9 Å². The smallest absolute Gasteiger partial charge is 0.241 e. The van der Waals surface area contributed by atoms with Crippen LogP contribution in [0.3, 0.4) is 0 Å². The van der Waals surface area contributed by atoms with Gasteiger partial charge in [-0.05, 0) is 25.8 Å². The van der Waals surface area contributed by atoms with E-state index in [2.05, 4.69) is 17.1 Å². The second kappa shape index (κ2) is 6.02. The third-order valence-corrected chi connectivity index (χ3v) is 4.36. The van der Waals surface area contributed by atoms with Crippen LogP contribution in [0, 0.1) is 5.92 Å². The number of carbonyl (C=O) groups excluding carboxylic acids is 1. The summed E-state index contributed by atoms with van der Waals surface area (Å²) < 4.78 is 0. The quantitative estimate of drug-likeness (QED) is 0.812. The Kier molecular flexibility index (Phi) is 4.62. The van der Waals surface area contributed by atoms with Gasteiger partial charge in [0.2, 0.25) is 5.91 Å². The summed E-state index contributed by atoms with van der Waals surface area (Å²) in [4.78, 5) is 16.9. The van der Waals surface area contributed by atoms with Gasteiger partial charge < -0.3 is 10.2 Å². The molecule has 1 heterocycles. The molecular formula is C14H27N3O. The predicted octanol–water partition coefficient (Wildman–Crippen LogP) is 0.927. The average molecular weight is 253 g/mol. The Balaban J connectivity index is 2.17. The highest BCUT2D eigenvalue weighted by Gasteiger charge is 2.37. The molecular weight excluding hydrogens is 226 g/mol. The van der Waals surface area contributed by atoms with Crippen LogP contribution in [0.2, 0.25) is 0 Å².